The van der Waals surface area contributed by atoms with Gasteiger partial charge < -0.3 is 10.6 Å². The van der Waals surface area contributed by atoms with E-state index in [1.54, 1.807) is 7.05 Å². The van der Waals surface area contributed by atoms with E-state index in [0.29, 0.717) is 18.2 Å². The molecule has 0 aliphatic heterocycles. The summed E-state index contributed by atoms with van der Waals surface area (Å²) < 4.78 is 11.9. The largest absolute Gasteiger partial charge is 0.355 e. The molecular weight excluding hydrogens is 330 g/mol. The summed E-state index contributed by atoms with van der Waals surface area (Å²) in [5.41, 5.74) is 2.60. The molecule has 0 spiro atoms. The van der Waals surface area contributed by atoms with Gasteiger partial charge in [0, 0.05) is 34.9 Å². The molecule has 0 saturated heterocycles. The average Bonchev–Trinajstić information content (AvgIpc) is 2.52. The van der Waals surface area contributed by atoms with Crippen LogP contribution >= 0.6 is 0 Å². The van der Waals surface area contributed by atoms with E-state index < -0.39 is 10.8 Å². The molecule has 25 heavy (non-hydrogen) atoms. The summed E-state index contributed by atoms with van der Waals surface area (Å²) in [5, 5.41) is 6.65. The minimum atomic E-state index is -0.857. The normalized spacial score (nSPS) is 15.1. The first-order valence-corrected chi connectivity index (χ1v) is 10.4. The second-order valence-corrected chi connectivity index (χ2v) is 10.2. The van der Waals surface area contributed by atoms with Gasteiger partial charge in [-0.1, -0.05) is 38.1 Å². The summed E-state index contributed by atoms with van der Waals surface area (Å²) in [7, 11) is 0.901. The maximum atomic E-state index is 12.1. The van der Waals surface area contributed by atoms with Gasteiger partial charge in [0.1, 0.15) is 0 Å². The molecule has 0 aliphatic rings. The molecule has 2 unspecified atom stereocenters. The third-order valence-electron chi connectivity index (χ3n) is 3.96. The minimum absolute atomic E-state index is 0.160. The molecule has 142 valence electrons. The number of benzene rings is 1. The van der Waals surface area contributed by atoms with Gasteiger partial charge in [-0.2, -0.15) is 0 Å². The first-order chi connectivity index (χ1) is 11.6. The molecule has 2 atom stereocenters. The topological polar surface area (TPSA) is 53.5 Å². The molecule has 4 nitrogen and oxygen atoms in total. The molecule has 2 N–H and O–H groups in total. The van der Waals surface area contributed by atoms with E-state index in [1.807, 2.05) is 20.8 Å². The van der Waals surface area contributed by atoms with Crippen LogP contribution in [0.15, 0.2) is 29.3 Å². The van der Waals surface area contributed by atoms with Crippen molar-refractivity contribution in [2.45, 2.75) is 58.8 Å². The van der Waals surface area contributed by atoms with Gasteiger partial charge in [0.2, 0.25) is 0 Å². The highest BCUT2D eigenvalue weighted by Crippen LogP contribution is 2.15. The summed E-state index contributed by atoms with van der Waals surface area (Å²) in [6, 6.07) is 8.92. The smallest absolute Gasteiger partial charge is 0.191 e. The van der Waals surface area contributed by atoms with Crippen LogP contribution in [0, 0.1) is 5.92 Å². The predicted octanol–water partition coefficient (Wildman–Crippen LogP) is 3.66. The van der Waals surface area contributed by atoms with Crippen LogP contribution in [-0.2, 0) is 17.2 Å². The fourth-order valence-electron chi connectivity index (χ4n) is 2.47. The van der Waals surface area contributed by atoms with Crippen molar-refractivity contribution in [3.63, 3.8) is 0 Å². The van der Waals surface area contributed by atoms with Gasteiger partial charge >= 0.3 is 0 Å². The summed E-state index contributed by atoms with van der Waals surface area (Å²) in [6.45, 7) is 13.2. The Morgan fingerprint density at radius 1 is 1.16 bits per heavy atom. The van der Waals surface area contributed by atoms with E-state index in [-0.39, 0.29) is 10.8 Å². The number of hydrogen-bond acceptors (Lipinski definition) is 2. The van der Waals surface area contributed by atoms with Crippen molar-refractivity contribution in [1.29, 1.82) is 0 Å². The van der Waals surface area contributed by atoms with Crippen LogP contribution in [0.5, 0.6) is 0 Å². The molecular formula is C20H35N3OS. The Labute approximate surface area is 156 Å². The lowest BCUT2D eigenvalue weighted by atomic mass is 10.00. The molecule has 0 aliphatic carbocycles. The molecule has 0 radical (unpaired) electrons. The highest BCUT2D eigenvalue weighted by atomic mass is 32.2. The molecule has 0 amide bonds. The molecule has 1 aromatic carbocycles. The van der Waals surface area contributed by atoms with Crippen LogP contribution in [0.1, 0.15) is 58.7 Å². The number of hydrogen-bond donors (Lipinski definition) is 2. The summed E-state index contributed by atoms with van der Waals surface area (Å²) in [4.78, 5) is 4.26. The van der Waals surface area contributed by atoms with Crippen molar-refractivity contribution >= 4 is 16.8 Å². The first-order valence-electron chi connectivity index (χ1n) is 9.08. The highest BCUT2D eigenvalue weighted by molar-refractivity contribution is 7.86. The molecule has 0 heterocycles. The third-order valence-corrected chi connectivity index (χ3v) is 5.90. The Hall–Kier alpha value is -1.36. The Morgan fingerprint density at radius 2 is 1.76 bits per heavy atom. The number of rotatable bonds is 7. The number of nitrogens with zero attached hydrogens (tertiary/aromatic N) is 1. The van der Waals surface area contributed by atoms with E-state index in [9.17, 15) is 4.21 Å². The molecule has 1 aromatic rings. The third kappa shape index (κ3) is 8.04. The van der Waals surface area contributed by atoms with Crippen molar-refractivity contribution in [3.8, 4) is 0 Å². The zero-order chi connectivity index (χ0) is 19.0. The average molecular weight is 366 g/mol. The van der Waals surface area contributed by atoms with E-state index >= 15 is 0 Å². The zero-order valence-electron chi connectivity index (χ0n) is 16.8. The van der Waals surface area contributed by atoms with Crippen LogP contribution < -0.4 is 10.6 Å². The van der Waals surface area contributed by atoms with Crippen LogP contribution in [0.4, 0.5) is 0 Å². The van der Waals surface area contributed by atoms with Crippen LogP contribution in [-0.4, -0.2) is 34.3 Å². The van der Waals surface area contributed by atoms with Gasteiger partial charge in [0.05, 0.1) is 6.04 Å². The van der Waals surface area contributed by atoms with Gasteiger partial charge in [-0.3, -0.25) is 9.20 Å². The second-order valence-electron chi connectivity index (χ2n) is 7.87. The Kier molecular flexibility index (Phi) is 8.63. The quantitative estimate of drug-likeness (QED) is 0.573. The molecule has 0 fully saturated rings. The fourth-order valence-corrected chi connectivity index (χ4v) is 3.36. The maximum Gasteiger partial charge on any atom is 0.191 e. The molecule has 0 bridgehead atoms. The first kappa shape index (κ1) is 21.7. The van der Waals surface area contributed by atoms with Crippen molar-refractivity contribution in [3.05, 3.63) is 35.4 Å². The van der Waals surface area contributed by atoms with Gasteiger partial charge in [0.15, 0.2) is 5.96 Å². The fraction of sp³-hybridized carbons (Fsp3) is 0.650. The number of guanidine groups is 1. The van der Waals surface area contributed by atoms with Crippen molar-refractivity contribution in [2.24, 2.45) is 10.9 Å². The van der Waals surface area contributed by atoms with Gasteiger partial charge in [-0.05, 0) is 51.2 Å². The summed E-state index contributed by atoms with van der Waals surface area (Å²) >= 11 is 0. The molecule has 5 heteroatoms. The predicted molar refractivity (Wildman–Crippen MR) is 111 cm³/mol. The van der Waals surface area contributed by atoms with E-state index in [4.69, 9.17) is 0 Å². The second kappa shape index (κ2) is 9.95. The van der Waals surface area contributed by atoms with Crippen molar-refractivity contribution in [1.82, 2.24) is 10.6 Å². The lowest BCUT2D eigenvalue weighted by Crippen LogP contribution is -2.41. The lowest BCUT2D eigenvalue weighted by Gasteiger charge is -2.20. The monoisotopic (exact) mass is 365 g/mol. The Balaban J connectivity index is 2.53. The highest BCUT2D eigenvalue weighted by Gasteiger charge is 2.18. The minimum Gasteiger partial charge on any atom is -0.355 e. The van der Waals surface area contributed by atoms with Gasteiger partial charge in [-0.25, -0.2) is 0 Å². The van der Waals surface area contributed by atoms with Crippen LogP contribution in [0.25, 0.3) is 0 Å². The number of aliphatic imine (C=N–C) groups is 1. The Morgan fingerprint density at radius 3 is 2.24 bits per heavy atom. The van der Waals surface area contributed by atoms with Crippen LogP contribution in [0.2, 0.25) is 0 Å². The maximum absolute atomic E-state index is 12.1. The summed E-state index contributed by atoms with van der Waals surface area (Å²) in [6.07, 6.45) is 1.11. The van der Waals surface area contributed by atoms with Crippen molar-refractivity contribution in [2.75, 3.05) is 19.3 Å². The standard InChI is InChI=1S/C20H35N3OS/c1-15(2)14-17-8-10-18(11-9-17)16(3)23-19(21-7)22-12-13-25(24)20(4,5)6/h8-11,15-16H,12-14H2,1-7H3,(H2,21,22,23). The summed E-state index contributed by atoms with van der Waals surface area (Å²) in [5.74, 6) is 2.02. The van der Waals surface area contributed by atoms with E-state index in [1.165, 1.54) is 11.1 Å². The van der Waals surface area contributed by atoms with Gasteiger partial charge in [-0.15, -0.1) is 0 Å². The van der Waals surface area contributed by atoms with Crippen molar-refractivity contribution < 1.29 is 4.21 Å². The van der Waals surface area contributed by atoms with Crippen LogP contribution in [0.3, 0.4) is 0 Å². The SMILES string of the molecule is CN=C(NCCS(=O)C(C)(C)C)NC(C)c1ccc(CC(C)C)cc1. The van der Waals surface area contributed by atoms with E-state index in [0.717, 1.165) is 12.4 Å². The molecule has 0 aromatic heterocycles. The molecule has 1 rings (SSSR count). The van der Waals surface area contributed by atoms with E-state index in [2.05, 4.69) is 60.7 Å². The van der Waals surface area contributed by atoms with Gasteiger partial charge in [0.25, 0.3) is 0 Å². The molecule has 0 saturated carbocycles. The zero-order valence-corrected chi connectivity index (χ0v) is 17.7. The number of nitrogens with one attached hydrogen (secondary N) is 2. The lowest BCUT2D eigenvalue weighted by molar-refractivity contribution is 0.644. The Bertz CT molecular complexity index is 574.